The fourth-order valence-electron chi connectivity index (χ4n) is 2.76. The Bertz CT molecular complexity index is 862. The lowest BCUT2D eigenvalue weighted by molar-refractivity contribution is 0.0887. The number of rotatable bonds is 3. The van der Waals surface area contributed by atoms with Crippen molar-refractivity contribution >= 4 is 6.09 Å². The molecule has 0 radical (unpaired) electrons. The number of hydrogen-bond donors (Lipinski definition) is 0. The lowest BCUT2D eigenvalue weighted by Gasteiger charge is -2.24. The molecule has 3 heterocycles. The zero-order valence-electron chi connectivity index (χ0n) is 13.6. The molecular weight excluding hydrogens is 318 g/mol. The van der Waals surface area contributed by atoms with Crippen LogP contribution in [0.25, 0.3) is 11.6 Å². The summed E-state index contributed by atoms with van der Waals surface area (Å²) in [6.45, 7) is 1.19. The van der Waals surface area contributed by atoms with Gasteiger partial charge in [-0.05, 0) is 17.7 Å². The van der Waals surface area contributed by atoms with Crippen LogP contribution in [0.4, 0.5) is 4.79 Å². The molecular formula is C19H17N3O3. The summed E-state index contributed by atoms with van der Waals surface area (Å²) in [6.07, 6.45) is 2.00. The van der Waals surface area contributed by atoms with Gasteiger partial charge >= 0.3 is 6.09 Å². The van der Waals surface area contributed by atoms with Crippen LogP contribution in [0.3, 0.4) is 0 Å². The highest BCUT2D eigenvalue weighted by Gasteiger charge is 2.27. The molecule has 0 atom stereocenters. The van der Waals surface area contributed by atoms with Crippen molar-refractivity contribution in [1.82, 2.24) is 14.9 Å². The zero-order valence-corrected chi connectivity index (χ0v) is 13.6. The Hall–Kier alpha value is -3.15. The number of pyridine rings is 1. The van der Waals surface area contributed by atoms with Crippen molar-refractivity contribution < 1.29 is 13.9 Å². The van der Waals surface area contributed by atoms with Crippen molar-refractivity contribution in [2.75, 3.05) is 6.54 Å². The predicted molar refractivity (Wildman–Crippen MR) is 90.5 cm³/mol. The molecule has 0 fully saturated rings. The monoisotopic (exact) mass is 335 g/mol. The number of benzene rings is 1. The van der Waals surface area contributed by atoms with E-state index < -0.39 is 0 Å². The Morgan fingerprint density at radius 3 is 2.80 bits per heavy atom. The molecule has 2 aromatic heterocycles. The molecule has 0 saturated heterocycles. The van der Waals surface area contributed by atoms with Gasteiger partial charge in [-0.15, -0.1) is 0 Å². The van der Waals surface area contributed by atoms with Gasteiger partial charge in [0.1, 0.15) is 18.1 Å². The van der Waals surface area contributed by atoms with Crippen molar-refractivity contribution in [2.45, 2.75) is 19.6 Å². The summed E-state index contributed by atoms with van der Waals surface area (Å²) in [5.41, 5.74) is 2.54. The second-order valence-electron chi connectivity index (χ2n) is 5.82. The lowest BCUT2D eigenvalue weighted by atomic mass is 10.2. The minimum absolute atomic E-state index is 0.263. The van der Waals surface area contributed by atoms with Gasteiger partial charge in [0.2, 0.25) is 5.89 Å². The molecule has 0 unspecified atom stereocenters. The van der Waals surface area contributed by atoms with Gasteiger partial charge in [0.15, 0.2) is 0 Å². The molecule has 1 aliphatic rings. The van der Waals surface area contributed by atoms with Crippen LogP contribution >= 0.6 is 0 Å². The molecule has 3 aromatic rings. The van der Waals surface area contributed by atoms with E-state index in [1.165, 1.54) is 0 Å². The highest BCUT2D eigenvalue weighted by Crippen LogP contribution is 2.25. The van der Waals surface area contributed by atoms with Crippen molar-refractivity contribution in [2.24, 2.45) is 0 Å². The van der Waals surface area contributed by atoms with Crippen LogP contribution in [-0.2, 0) is 24.3 Å². The Balaban J connectivity index is 1.42. The van der Waals surface area contributed by atoms with E-state index in [0.717, 1.165) is 11.3 Å². The summed E-state index contributed by atoms with van der Waals surface area (Å²) in [5, 5.41) is 0. The molecule has 0 bridgehead atoms. The average molecular weight is 335 g/mol. The molecule has 0 spiro atoms. The average Bonchev–Trinajstić information content (AvgIpc) is 3.11. The van der Waals surface area contributed by atoms with Gasteiger partial charge in [0.05, 0.1) is 12.2 Å². The molecule has 25 heavy (non-hydrogen) atoms. The number of nitrogens with zero attached hydrogens (tertiary/aromatic N) is 3. The molecule has 126 valence electrons. The number of fused-ring (bicyclic) bond motifs is 1. The van der Waals surface area contributed by atoms with Crippen LogP contribution in [-0.4, -0.2) is 27.5 Å². The summed E-state index contributed by atoms with van der Waals surface area (Å²) in [5.74, 6) is 1.19. The normalized spacial score (nSPS) is 13.4. The van der Waals surface area contributed by atoms with Crippen molar-refractivity contribution in [1.29, 1.82) is 0 Å². The van der Waals surface area contributed by atoms with Crippen LogP contribution in [0.15, 0.2) is 59.1 Å². The van der Waals surface area contributed by atoms with Gasteiger partial charge in [0.25, 0.3) is 0 Å². The van der Waals surface area contributed by atoms with E-state index in [-0.39, 0.29) is 12.7 Å². The molecule has 1 aromatic carbocycles. The smallest absolute Gasteiger partial charge is 0.410 e. The topological polar surface area (TPSA) is 68.5 Å². The summed E-state index contributed by atoms with van der Waals surface area (Å²) < 4.78 is 11.2. The lowest BCUT2D eigenvalue weighted by Crippen LogP contribution is -2.36. The Kier molecular flexibility index (Phi) is 4.16. The van der Waals surface area contributed by atoms with E-state index in [1.807, 2.05) is 48.5 Å². The number of amides is 1. The fraction of sp³-hybridized carbons (Fsp3) is 0.211. The quantitative estimate of drug-likeness (QED) is 0.733. The van der Waals surface area contributed by atoms with Crippen LogP contribution in [0, 0.1) is 0 Å². The third kappa shape index (κ3) is 3.38. The third-order valence-electron chi connectivity index (χ3n) is 4.08. The number of aromatic nitrogens is 2. The maximum Gasteiger partial charge on any atom is 0.410 e. The van der Waals surface area contributed by atoms with E-state index in [9.17, 15) is 4.79 Å². The largest absolute Gasteiger partial charge is 0.445 e. The van der Waals surface area contributed by atoms with Crippen molar-refractivity contribution in [3.8, 4) is 11.6 Å². The first kappa shape index (κ1) is 15.4. The summed E-state index contributed by atoms with van der Waals surface area (Å²) in [7, 11) is 0. The molecule has 6 heteroatoms. The third-order valence-corrected chi connectivity index (χ3v) is 4.08. The van der Waals surface area contributed by atoms with E-state index in [2.05, 4.69) is 9.97 Å². The maximum atomic E-state index is 12.3. The van der Waals surface area contributed by atoms with E-state index in [4.69, 9.17) is 9.15 Å². The first-order chi connectivity index (χ1) is 12.3. The molecule has 1 aliphatic heterocycles. The van der Waals surface area contributed by atoms with Crippen LogP contribution in [0.1, 0.15) is 17.0 Å². The van der Waals surface area contributed by atoms with Gasteiger partial charge in [-0.1, -0.05) is 36.4 Å². The molecule has 0 aliphatic carbocycles. The number of carbonyl (C=O) groups is 1. The Morgan fingerprint density at radius 1 is 1.16 bits per heavy atom. The van der Waals surface area contributed by atoms with Gasteiger partial charge in [0, 0.05) is 19.2 Å². The van der Waals surface area contributed by atoms with Gasteiger partial charge < -0.3 is 14.1 Å². The molecule has 6 nitrogen and oxygen atoms in total. The molecule has 4 rings (SSSR count). The highest BCUT2D eigenvalue weighted by atomic mass is 16.6. The minimum Gasteiger partial charge on any atom is -0.445 e. The highest BCUT2D eigenvalue weighted by molar-refractivity contribution is 5.68. The predicted octanol–water partition coefficient (Wildman–Crippen LogP) is 3.43. The van der Waals surface area contributed by atoms with Crippen LogP contribution < -0.4 is 0 Å². The summed E-state index contributed by atoms with van der Waals surface area (Å²) >= 11 is 0. The van der Waals surface area contributed by atoms with E-state index in [1.54, 1.807) is 11.1 Å². The molecule has 0 saturated carbocycles. The fourth-order valence-corrected chi connectivity index (χ4v) is 2.76. The second kappa shape index (κ2) is 6.76. The number of carbonyl (C=O) groups excluding carboxylic acids is 1. The van der Waals surface area contributed by atoms with Crippen molar-refractivity contribution in [3.63, 3.8) is 0 Å². The molecule has 1 amide bonds. The van der Waals surface area contributed by atoms with Crippen molar-refractivity contribution in [3.05, 3.63) is 71.7 Å². The summed E-state index contributed by atoms with van der Waals surface area (Å²) in [6, 6.07) is 15.2. The van der Waals surface area contributed by atoms with E-state index >= 15 is 0 Å². The second-order valence-corrected chi connectivity index (χ2v) is 5.82. The Labute approximate surface area is 145 Å². The first-order valence-electron chi connectivity index (χ1n) is 8.15. The maximum absolute atomic E-state index is 12.3. The number of ether oxygens (including phenoxy) is 1. The number of hydrogen-bond acceptors (Lipinski definition) is 5. The zero-order chi connectivity index (χ0) is 17.1. The van der Waals surface area contributed by atoms with Crippen LogP contribution in [0.5, 0.6) is 0 Å². The molecule has 0 N–H and O–H groups in total. The van der Waals surface area contributed by atoms with Gasteiger partial charge in [-0.25, -0.2) is 9.78 Å². The minimum atomic E-state index is -0.342. The van der Waals surface area contributed by atoms with E-state index in [0.29, 0.717) is 36.9 Å². The number of oxazole rings is 1. The van der Waals surface area contributed by atoms with Gasteiger partial charge in [-0.2, -0.15) is 0 Å². The van der Waals surface area contributed by atoms with Crippen LogP contribution in [0.2, 0.25) is 0 Å². The standard InChI is InChI=1S/C19H17N3O3/c23-19(24-13-14-6-2-1-3-7-14)22-11-9-15-17(12-22)25-18(21-15)16-8-4-5-10-20-16/h1-8,10H,9,11-13H2. The summed E-state index contributed by atoms with van der Waals surface area (Å²) in [4.78, 5) is 22.7. The first-order valence-corrected chi connectivity index (χ1v) is 8.15. The Morgan fingerprint density at radius 2 is 2.00 bits per heavy atom. The van der Waals surface area contributed by atoms with Gasteiger partial charge in [-0.3, -0.25) is 4.98 Å². The SMILES string of the molecule is O=C(OCc1ccccc1)N1CCc2nc(-c3ccccn3)oc2C1.